The first-order valence-electron chi connectivity index (χ1n) is 5.06. The van der Waals surface area contributed by atoms with E-state index in [1.165, 1.54) is 18.3 Å². The maximum Gasteiger partial charge on any atom is 0.417 e. The molecule has 0 amide bonds. The topological polar surface area (TPSA) is 58.8 Å². The second kappa shape index (κ2) is 4.94. The maximum absolute atomic E-state index is 12.3. The van der Waals surface area contributed by atoms with Crippen LogP contribution >= 0.6 is 0 Å². The van der Waals surface area contributed by atoms with Crippen molar-refractivity contribution in [3.8, 4) is 17.8 Å². The van der Waals surface area contributed by atoms with Crippen molar-refractivity contribution in [2.45, 2.75) is 6.18 Å². The minimum Gasteiger partial charge on any atom is -0.421 e. The predicted octanol–water partition coefficient (Wildman–Crippen LogP) is 3.16. The fourth-order valence-electron chi connectivity index (χ4n) is 1.22. The lowest BCUT2D eigenvalue weighted by molar-refractivity contribution is -0.137. The van der Waals surface area contributed by atoms with E-state index in [-0.39, 0.29) is 11.8 Å². The third-order valence-corrected chi connectivity index (χ3v) is 2.14. The van der Waals surface area contributed by atoms with Gasteiger partial charge in [-0.25, -0.2) is 9.97 Å². The fraction of sp³-hybridized carbons (Fsp3) is 0.0833. The van der Waals surface area contributed by atoms with E-state index in [1.807, 2.05) is 6.07 Å². The Morgan fingerprint density at radius 1 is 1.00 bits per heavy atom. The van der Waals surface area contributed by atoms with E-state index >= 15 is 0 Å². The minimum atomic E-state index is -4.43. The van der Waals surface area contributed by atoms with Gasteiger partial charge in [0.05, 0.1) is 11.1 Å². The molecular weight excluding hydrogens is 259 g/mol. The average molecular weight is 265 g/mol. The molecule has 96 valence electrons. The zero-order valence-corrected chi connectivity index (χ0v) is 9.35. The highest BCUT2D eigenvalue weighted by atomic mass is 19.4. The number of nitriles is 1. The van der Waals surface area contributed by atoms with E-state index < -0.39 is 11.7 Å². The molecule has 7 heteroatoms. The predicted molar refractivity (Wildman–Crippen MR) is 58.3 cm³/mol. The Labute approximate surface area is 106 Å². The summed E-state index contributed by atoms with van der Waals surface area (Å²) in [4.78, 5) is 7.34. The molecule has 0 aliphatic rings. The number of hydrogen-bond donors (Lipinski definition) is 0. The molecule has 0 bridgehead atoms. The highest BCUT2D eigenvalue weighted by Crippen LogP contribution is 2.29. The van der Waals surface area contributed by atoms with Crippen LogP contribution in [0.2, 0.25) is 0 Å². The summed E-state index contributed by atoms with van der Waals surface area (Å²) in [5.74, 6) is 0.136. The lowest BCUT2D eigenvalue weighted by atomic mass is 10.3. The van der Waals surface area contributed by atoms with E-state index in [1.54, 1.807) is 0 Å². The monoisotopic (exact) mass is 265 g/mol. The van der Waals surface area contributed by atoms with Crippen LogP contribution in [0.3, 0.4) is 0 Å². The van der Waals surface area contributed by atoms with Crippen molar-refractivity contribution in [3.63, 3.8) is 0 Å². The Balaban J connectivity index is 2.13. The summed E-state index contributed by atoms with van der Waals surface area (Å²) < 4.78 is 42.1. The number of aromatic nitrogens is 2. The Hall–Kier alpha value is -2.62. The molecule has 0 N–H and O–H groups in total. The van der Waals surface area contributed by atoms with Gasteiger partial charge in [0.15, 0.2) is 0 Å². The van der Waals surface area contributed by atoms with Gasteiger partial charge in [0.2, 0.25) is 11.8 Å². The SMILES string of the molecule is N#Cc1ccc(Oc2ccc(C(F)(F)F)cn2)nc1. The molecule has 0 aliphatic carbocycles. The summed E-state index contributed by atoms with van der Waals surface area (Å²) in [6.07, 6.45) is -2.46. The Kier molecular flexibility index (Phi) is 3.33. The van der Waals surface area contributed by atoms with Crippen molar-refractivity contribution >= 4 is 0 Å². The zero-order chi connectivity index (χ0) is 13.9. The number of pyridine rings is 2. The molecule has 0 atom stereocenters. The molecule has 19 heavy (non-hydrogen) atoms. The van der Waals surface area contributed by atoms with Gasteiger partial charge < -0.3 is 4.74 Å². The highest BCUT2D eigenvalue weighted by Gasteiger charge is 2.30. The molecule has 2 aromatic rings. The van der Waals surface area contributed by atoms with Crippen LogP contribution in [0.1, 0.15) is 11.1 Å². The van der Waals surface area contributed by atoms with Crippen LogP contribution in [0.5, 0.6) is 11.8 Å². The van der Waals surface area contributed by atoms with Gasteiger partial charge in [-0.1, -0.05) is 0 Å². The van der Waals surface area contributed by atoms with Crippen molar-refractivity contribution < 1.29 is 17.9 Å². The van der Waals surface area contributed by atoms with Crippen LogP contribution < -0.4 is 4.74 Å². The first kappa shape index (κ1) is 12.8. The Bertz CT molecular complexity index is 600. The average Bonchev–Trinajstić information content (AvgIpc) is 2.39. The second-order valence-corrected chi connectivity index (χ2v) is 3.48. The summed E-state index contributed by atoms with van der Waals surface area (Å²) in [7, 11) is 0. The van der Waals surface area contributed by atoms with Gasteiger partial charge in [-0.3, -0.25) is 0 Å². The number of nitrogens with zero attached hydrogens (tertiary/aromatic N) is 3. The van der Waals surface area contributed by atoms with Gasteiger partial charge in [-0.05, 0) is 12.1 Å². The van der Waals surface area contributed by atoms with Crippen LogP contribution in [-0.4, -0.2) is 9.97 Å². The van der Waals surface area contributed by atoms with Gasteiger partial charge >= 0.3 is 6.18 Å². The molecule has 0 unspecified atom stereocenters. The van der Waals surface area contributed by atoms with Crippen LogP contribution in [0, 0.1) is 11.3 Å². The van der Waals surface area contributed by atoms with Crippen LogP contribution in [0.4, 0.5) is 13.2 Å². The number of rotatable bonds is 2. The molecule has 2 heterocycles. The molecule has 4 nitrogen and oxygen atoms in total. The zero-order valence-electron chi connectivity index (χ0n) is 9.35. The third kappa shape index (κ3) is 3.19. The van der Waals surface area contributed by atoms with Crippen molar-refractivity contribution in [2.75, 3.05) is 0 Å². The molecule has 0 fully saturated rings. The van der Waals surface area contributed by atoms with E-state index in [0.29, 0.717) is 11.8 Å². The highest BCUT2D eigenvalue weighted by molar-refractivity contribution is 5.30. The van der Waals surface area contributed by atoms with Crippen LogP contribution in [-0.2, 0) is 6.18 Å². The van der Waals surface area contributed by atoms with Gasteiger partial charge in [0, 0.05) is 24.5 Å². The van der Waals surface area contributed by atoms with E-state index in [4.69, 9.17) is 10.00 Å². The van der Waals surface area contributed by atoms with Gasteiger partial charge in [0.25, 0.3) is 0 Å². The van der Waals surface area contributed by atoms with Crippen molar-refractivity contribution in [2.24, 2.45) is 0 Å². The van der Waals surface area contributed by atoms with Gasteiger partial charge in [-0.2, -0.15) is 18.4 Å². The Morgan fingerprint density at radius 2 is 1.63 bits per heavy atom. The smallest absolute Gasteiger partial charge is 0.417 e. The fourth-order valence-corrected chi connectivity index (χ4v) is 1.22. The number of halogens is 3. The first-order valence-corrected chi connectivity index (χ1v) is 5.06. The molecular formula is C12H6F3N3O. The lowest BCUT2D eigenvalue weighted by Gasteiger charge is -2.07. The summed E-state index contributed by atoms with van der Waals surface area (Å²) in [5.41, 5.74) is -0.500. The Morgan fingerprint density at radius 3 is 2.05 bits per heavy atom. The van der Waals surface area contributed by atoms with Crippen molar-refractivity contribution in [3.05, 3.63) is 47.8 Å². The summed E-state index contributed by atoms with van der Waals surface area (Å²) in [5, 5.41) is 8.58. The molecule has 2 rings (SSSR count). The summed E-state index contributed by atoms with van der Waals surface area (Å²) >= 11 is 0. The normalized spacial score (nSPS) is 10.8. The minimum absolute atomic E-state index is 0.00907. The molecule has 0 saturated heterocycles. The molecule has 0 radical (unpaired) electrons. The van der Waals surface area contributed by atoms with Gasteiger partial charge in [0.1, 0.15) is 6.07 Å². The molecule has 0 saturated carbocycles. The van der Waals surface area contributed by atoms with Crippen molar-refractivity contribution in [1.82, 2.24) is 9.97 Å². The van der Waals surface area contributed by atoms with E-state index in [9.17, 15) is 13.2 Å². The molecule has 0 aromatic carbocycles. The quantitative estimate of drug-likeness (QED) is 0.836. The lowest BCUT2D eigenvalue weighted by Crippen LogP contribution is -2.05. The summed E-state index contributed by atoms with van der Waals surface area (Å²) in [6.45, 7) is 0. The molecule has 0 aliphatic heterocycles. The number of alkyl halides is 3. The number of hydrogen-bond acceptors (Lipinski definition) is 4. The van der Waals surface area contributed by atoms with Gasteiger partial charge in [-0.15, -0.1) is 0 Å². The second-order valence-electron chi connectivity index (χ2n) is 3.48. The third-order valence-electron chi connectivity index (χ3n) is 2.14. The largest absolute Gasteiger partial charge is 0.421 e. The maximum atomic E-state index is 12.3. The van der Waals surface area contributed by atoms with Crippen LogP contribution in [0.15, 0.2) is 36.7 Å². The standard InChI is InChI=1S/C12H6F3N3O/c13-12(14,15)9-2-4-11(18-7-9)19-10-3-1-8(5-16)6-17-10/h1-4,6-7H. The molecule has 2 aromatic heterocycles. The van der Waals surface area contributed by atoms with Crippen LogP contribution in [0.25, 0.3) is 0 Å². The van der Waals surface area contributed by atoms with Crippen molar-refractivity contribution in [1.29, 1.82) is 5.26 Å². The van der Waals surface area contributed by atoms with E-state index in [0.717, 1.165) is 12.1 Å². The first-order chi connectivity index (χ1) is 8.99. The molecule has 0 spiro atoms. The number of ether oxygens (including phenoxy) is 1. The van der Waals surface area contributed by atoms with E-state index in [2.05, 4.69) is 9.97 Å². The summed E-state index contributed by atoms with van der Waals surface area (Å²) in [6, 6.07) is 6.76.